The molecular formula is C13H16BrFN2. The van der Waals surface area contributed by atoms with Crippen LogP contribution in [0, 0.1) is 23.1 Å². The number of nitrogens with zero attached hydrogens (tertiary/aromatic N) is 2. The van der Waals surface area contributed by atoms with Crippen molar-refractivity contribution in [3.63, 3.8) is 0 Å². The molecule has 0 aliphatic carbocycles. The standard InChI is InChI=1S/C13H16BrFN2/c1-3-17(8-10(2)7-16)9-11-6-12(14)4-5-13(11)15/h4-6,10H,3,8-9H2,1-2H3. The summed E-state index contributed by atoms with van der Waals surface area (Å²) in [5.41, 5.74) is 0.659. The Labute approximate surface area is 110 Å². The van der Waals surface area contributed by atoms with Crippen LogP contribution in [0.3, 0.4) is 0 Å². The zero-order valence-electron chi connectivity index (χ0n) is 10.1. The third-order valence-electron chi connectivity index (χ3n) is 2.60. The van der Waals surface area contributed by atoms with E-state index in [1.807, 2.05) is 13.8 Å². The first-order chi connectivity index (χ1) is 8.06. The second-order valence-electron chi connectivity index (χ2n) is 4.09. The fourth-order valence-corrected chi connectivity index (χ4v) is 2.05. The molecule has 0 fully saturated rings. The lowest BCUT2D eigenvalue weighted by atomic mass is 10.1. The maximum absolute atomic E-state index is 13.6. The zero-order chi connectivity index (χ0) is 12.8. The van der Waals surface area contributed by atoms with Gasteiger partial charge in [0.25, 0.3) is 0 Å². The van der Waals surface area contributed by atoms with Crippen molar-refractivity contribution in [2.45, 2.75) is 20.4 Å². The van der Waals surface area contributed by atoms with Crippen LogP contribution in [0.4, 0.5) is 4.39 Å². The molecule has 1 rings (SSSR count). The van der Waals surface area contributed by atoms with Gasteiger partial charge in [-0.2, -0.15) is 5.26 Å². The zero-order valence-corrected chi connectivity index (χ0v) is 11.7. The molecule has 0 radical (unpaired) electrons. The fourth-order valence-electron chi connectivity index (χ4n) is 1.64. The normalized spacial score (nSPS) is 12.5. The lowest BCUT2D eigenvalue weighted by Crippen LogP contribution is -2.28. The molecule has 0 spiro atoms. The summed E-state index contributed by atoms with van der Waals surface area (Å²) in [7, 11) is 0. The molecule has 17 heavy (non-hydrogen) atoms. The van der Waals surface area contributed by atoms with Crippen molar-refractivity contribution in [2.24, 2.45) is 5.92 Å². The molecule has 0 heterocycles. The quantitative estimate of drug-likeness (QED) is 0.831. The molecule has 0 saturated carbocycles. The minimum Gasteiger partial charge on any atom is -0.298 e. The number of nitriles is 1. The Morgan fingerprint density at radius 2 is 2.24 bits per heavy atom. The summed E-state index contributed by atoms with van der Waals surface area (Å²) in [6, 6.07) is 7.13. The van der Waals surface area contributed by atoms with Crippen LogP contribution in [0.2, 0.25) is 0 Å². The molecule has 0 N–H and O–H groups in total. The molecular weight excluding hydrogens is 283 g/mol. The minimum atomic E-state index is -0.198. The summed E-state index contributed by atoms with van der Waals surface area (Å²) in [6.07, 6.45) is 0. The predicted molar refractivity (Wildman–Crippen MR) is 69.8 cm³/mol. The van der Waals surface area contributed by atoms with Gasteiger partial charge in [-0.05, 0) is 31.7 Å². The average molecular weight is 299 g/mol. The molecule has 1 aromatic rings. The van der Waals surface area contributed by atoms with Gasteiger partial charge in [0.15, 0.2) is 0 Å². The molecule has 92 valence electrons. The third kappa shape index (κ3) is 4.45. The van der Waals surface area contributed by atoms with E-state index in [9.17, 15) is 4.39 Å². The van der Waals surface area contributed by atoms with E-state index in [-0.39, 0.29) is 11.7 Å². The second-order valence-corrected chi connectivity index (χ2v) is 5.01. The molecule has 0 aliphatic heterocycles. The number of rotatable bonds is 5. The summed E-state index contributed by atoms with van der Waals surface area (Å²) in [5.74, 6) is -0.235. The first-order valence-electron chi connectivity index (χ1n) is 5.62. The topological polar surface area (TPSA) is 27.0 Å². The maximum atomic E-state index is 13.6. The molecule has 1 atom stereocenters. The Hall–Kier alpha value is -0.920. The summed E-state index contributed by atoms with van der Waals surface area (Å²) >= 11 is 3.34. The van der Waals surface area contributed by atoms with Gasteiger partial charge in [0.2, 0.25) is 0 Å². The summed E-state index contributed by atoms with van der Waals surface area (Å²) in [5, 5.41) is 8.79. The van der Waals surface area contributed by atoms with Gasteiger partial charge in [0.1, 0.15) is 5.82 Å². The Morgan fingerprint density at radius 1 is 1.53 bits per heavy atom. The van der Waals surface area contributed by atoms with Gasteiger partial charge in [0.05, 0.1) is 12.0 Å². The van der Waals surface area contributed by atoms with Crippen molar-refractivity contribution in [3.8, 4) is 6.07 Å². The Kier molecular flexibility index (Phi) is 5.60. The Bertz CT molecular complexity index is 414. The number of hydrogen-bond acceptors (Lipinski definition) is 2. The highest BCUT2D eigenvalue weighted by atomic mass is 79.9. The number of halogens is 2. The molecule has 2 nitrogen and oxygen atoms in total. The van der Waals surface area contributed by atoms with Gasteiger partial charge in [-0.1, -0.05) is 22.9 Å². The monoisotopic (exact) mass is 298 g/mol. The molecule has 0 amide bonds. The molecule has 0 aromatic heterocycles. The van der Waals surface area contributed by atoms with E-state index in [1.165, 1.54) is 6.07 Å². The number of hydrogen-bond donors (Lipinski definition) is 0. The predicted octanol–water partition coefficient (Wildman–Crippen LogP) is 3.57. The van der Waals surface area contributed by atoms with Gasteiger partial charge in [0, 0.05) is 23.1 Å². The summed E-state index contributed by atoms with van der Waals surface area (Å²) in [4.78, 5) is 2.07. The van der Waals surface area contributed by atoms with Crippen LogP contribution in [-0.4, -0.2) is 18.0 Å². The molecule has 4 heteroatoms. The minimum absolute atomic E-state index is 0.0369. The summed E-state index contributed by atoms with van der Waals surface area (Å²) < 4.78 is 14.4. The van der Waals surface area contributed by atoms with Crippen LogP contribution in [0.5, 0.6) is 0 Å². The summed E-state index contributed by atoms with van der Waals surface area (Å²) in [6.45, 7) is 5.89. The van der Waals surface area contributed by atoms with Gasteiger partial charge in [-0.3, -0.25) is 4.90 Å². The van der Waals surface area contributed by atoms with Crippen molar-refractivity contribution in [2.75, 3.05) is 13.1 Å². The van der Waals surface area contributed by atoms with Crippen molar-refractivity contribution in [1.29, 1.82) is 5.26 Å². The molecule has 0 bridgehead atoms. The first kappa shape index (κ1) is 14.1. The highest BCUT2D eigenvalue weighted by Gasteiger charge is 2.11. The van der Waals surface area contributed by atoms with Crippen LogP contribution in [0.1, 0.15) is 19.4 Å². The Morgan fingerprint density at radius 3 is 2.82 bits per heavy atom. The van der Waals surface area contributed by atoms with E-state index in [1.54, 1.807) is 12.1 Å². The molecule has 0 saturated heterocycles. The van der Waals surface area contributed by atoms with Crippen molar-refractivity contribution < 1.29 is 4.39 Å². The highest BCUT2D eigenvalue weighted by molar-refractivity contribution is 9.10. The maximum Gasteiger partial charge on any atom is 0.127 e. The largest absolute Gasteiger partial charge is 0.298 e. The Balaban J connectivity index is 2.74. The highest BCUT2D eigenvalue weighted by Crippen LogP contribution is 2.17. The van der Waals surface area contributed by atoms with Crippen LogP contribution in [-0.2, 0) is 6.54 Å². The lowest BCUT2D eigenvalue weighted by molar-refractivity contribution is 0.257. The van der Waals surface area contributed by atoms with Crippen molar-refractivity contribution in [1.82, 2.24) is 4.90 Å². The fraction of sp³-hybridized carbons (Fsp3) is 0.462. The van der Waals surface area contributed by atoms with Crippen LogP contribution < -0.4 is 0 Å². The van der Waals surface area contributed by atoms with E-state index in [0.717, 1.165) is 11.0 Å². The van der Waals surface area contributed by atoms with Gasteiger partial charge >= 0.3 is 0 Å². The van der Waals surface area contributed by atoms with E-state index in [4.69, 9.17) is 5.26 Å². The SMILES string of the molecule is CCN(Cc1cc(Br)ccc1F)CC(C)C#N. The number of benzene rings is 1. The van der Waals surface area contributed by atoms with Crippen molar-refractivity contribution >= 4 is 15.9 Å². The average Bonchev–Trinajstić information content (AvgIpc) is 2.32. The van der Waals surface area contributed by atoms with Crippen LogP contribution >= 0.6 is 15.9 Å². The van der Waals surface area contributed by atoms with E-state index >= 15 is 0 Å². The molecule has 0 aliphatic rings. The molecule has 1 unspecified atom stereocenters. The van der Waals surface area contributed by atoms with E-state index < -0.39 is 0 Å². The first-order valence-corrected chi connectivity index (χ1v) is 6.42. The third-order valence-corrected chi connectivity index (χ3v) is 3.09. The van der Waals surface area contributed by atoms with Crippen molar-refractivity contribution in [3.05, 3.63) is 34.1 Å². The van der Waals surface area contributed by atoms with Gasteiger partial charge < -0.3 is 0 Å². The van der Waals surface area contributed by atoms with Gasteiger partial charge in [-0.25, -0.2) is 4.39 Å². The molecule has 1 aromatic carbocycles. The second kappa shape index (κ2) is 6.73. The van der Waals surface area contributed by atoms with Crippen LogP contribution in [0.25, 0.3) is 0 Å². The van der Waals surface area contributed by atoms with Gasteiger partial charge in [-0.15, -0.1) is 0 Å². The van der Waals surface area contributed by atoms with E-state index in [2.05, 4.69) is 26.9 Å². The smallest absolute Gasteiger partial charge is 0.127 e. The van der Waals surface area contributed by atoms with E-state index in [0.29, 0.717) is 18.7 Å². The van der Waals surface area contributed by atoms with Crippen LogP contribution in [0.15, 0.2) is 22.7 Å². The lowest BCUT2D eigenvalue weighted by Gasteiger charge is -2.21.